The molecule has 1 aliphatic carbocycles. The summed E-state index contributed by atoms with van der Waals surface area (Å²) in [6, 6.07) is 0. The molecule has 0 radical (unpaired) electrons. The number of hydrogen-bond acceptors (Lipinski definition) is 4. The van der Waals surface area contributed by atoms with E-state index in [0.29, 0.717) is 5.92 Å². The smallest absolute Gasteiger partial charge is 0.162 e. The normalized spacial score (nSPS) is 28.1. The Labute approximate surface area is 122 Å². The summed E-state index contributed by atoms with van der Waals surface area (Å²) in [7, 11) is 3.66. The van der Waals surface area contributed by atoms with E-state index in [1.807, 2.05) is 13.2 Å². The summed E-state index contributed by atoms with van der Waals surface area (Å²) in [4.78, 5) is 9.14. The van der Waals surface area contributed by atoms with Gasteiger partial charge >= 0.3 is 0 Å². The monoisotopic (exact) mass is 361 g/mol. The molecular formula is C13H20IN3O. The van der Waals surface area contributed by atoms with Gasteiger partial charge in [-0.05, 0) is 47.8 Å². The Morgan fingerprint density at radius 3 is 2.94 bits per heavy atom. The Hall–Kier alpha value is -0.430. The van der Waals surface area contributed by atoms with Crippen molar-refractivity contribution in [2.24, 2.45) is 5.92 Å². The van der Waals surface area contributed by atoms with E-state index in [2.05, 4.69) is 44.8 Å². The van der Waals surface area contributed by atoms with E-state index in [0.717, 1.165) is 28.1 Å². The van der Waals surface area contributed by atoms with Crippen LogP contribution in [0.3, 0.4) is 0 Å². The van der Waals surface area contributed by atoms with Crippen molar-refractivity contribution in [1.82, 2.24) is 9.97 Å². The van der Waals surface area contributed by atoms with E-state index < -0.39 is 0 Å². The molecule has 1 saturated carbocycles. The van der Waals surface area contributed by atoms with Gasteiger partial charge in [-0.25, -0.2) is 9.97 Å². The molecular weight excluding hydrogens is 341 g/mol. The van der Waals surface area contributed by atoms with E-state index >= 15 is 0 Å². The van der Waals surface area contributed by atoms with Gasteiger partial charge in [0.05, 0.1) is 3.57 Å². The quantitative estimate of drug-likeness (QED) is 0.841. The molecule has 0 saturated heterocycles. The fourth-order valence-electron chi connectivity index (χ4n) is 2.74. The van der Waals surface area contributed by atoms with Gasteiger partial charge < -0.3 is 10.1 Å². The number of halogens is 1. The van der Waals surface area contributed by atoms with Crippen molar-refractivity contribution in [3.63, 3.8) is 0 Å². The summed E-state index contributed by atoms with van der Waals surface area (Å²) in [6.07, 6.45) is 6.34. The summed E-state index contributed by atoms with van der Waals surface area (Å²) in [5.41, 5.74) is -0.298. The maximum absolute atomic E-state index is 5.82. The molecule has 0 spiro atoms. The predicted octanol–water partition coefficient (Wildman–Crippen LogP) is 3.17. The number of ether oxygens (including phenoxy) is 1. The maximum Gasteiger partial charge on any atom is 0.162 e. The number of anilines is 1. The number of hydrogen-bond donors (Lipinski definition) is 1. The van der Waals surface area contributed by atoms with Gasteiger partial charge in [-0.15, -0.1) is 0 Å². The number of nitrogens with zero attached hydrogens (tertiary/aromatic N) is 2. The Balaban J connectivity index is 2.37. The highest BCUT2D eigenvalue weighted by Crippen LogP contribution is 2.41. The fraction of sp³-hybridized carbons (Fsp3) is 0.692. The summed E-state index contributed by atoms with van der Waals surface area (Å²) in [5.74, 6) is 2.37. The second-order valence-corrected chi connectivity index (χ2v) is 6.20. The molecule has 0 bridgehead atoms. The minimum atomic E-state index is -0.298. The van der Waals surface area contributed by atoms with Gasteiger partial charge in [-0.1, -0.05) is 13.3 Å². The van der Waals surface area contributed by atoms with Crippen LogP contribution in [0.15, 0.2) is 6.20 Å². The Kier molecular flexibility index (Phi) is 4.42. The van der Waals surface area contributed by atoms with Crippen molar-refractivity contribution in [2.75, 3.05) is 19.5 Å². The fourth-order valence-corrected chi connectivity index (χ4v) is 3.27. The molecule has 1 heterocycles. The minimum Gasteiger partial charge on any atom is -0.372 e. The zero-order chi connectivity index (χ0) is 13.2. The van der Waals surface area contributed by atoms with E-state index in [9.17, 15) is 0 Å². The maximum atomic E-state index is 5.82. The molecule has 0 amide bonds. The van der Waals surface area contributed by atoms with Crippen molar-refractivity contribution < 1.29 is 4.74 Å². The molecule has 100 valence electrons. The van der Waals surface area contributed by atoms with Gasteiger partial charge in [0, 0.05) is 20.4 Å². The van der Waals surface area contributed by atoms with Crippen molar-refractivity contribution in [3.05, 3.63) is 15.6 Å². The number of methoxy groups -OCH3 is 1. The lowest BCUT2D eigenvalue weighted by Crippen LogP contribution is -2.36. The first-order valence-electron chi connectivity index (χ1n) is 6.37. The SMILES string of the molecule is CNc1nc(C2(OC)CCCC(C)C2)ncc1I. The molecule has 2 unspecified atom stereocenters. The van der Waals surface area contributed by atoms with Gasteiger partial charge in [0.2, 0.25) is 0 Å². The molecule has 1 aliphatic rings. The average Bonchev–Trinajstić information content (AvgIpc) is 2.39. The molecule has 18 heavy (non-hydrogen) atoms. The van der Waals surface area contributed by atoms with Crippen LogP contribution in [0.4, 0.5) is 5.82 Å². The van der Waals surface area contributed by atoms with Crippen LogP contribution >= 0.6 is 22.6 Å². The molecule has 1 aromatic rings. The molecule has 5 heteroatoms. The lowest BCUT2D eigenvalue weighted by atomic mass is 9.78. The van der Waals surface area contributed by atoms with Crippen LogP contribution in [0.2, 0.25) is 0 Å². The van der Waals surface area contributed by atoms with Crippen LogP contribution in [0.5, 0.6) is 0 Å². The zero-order valence-corrected chi connectivity index (χ0v) is 13.3. The molecule has 1 aromatic heterocycles. The van der Waals surface area contributed by atoms with Gasteiger partial charge in [-0.3, -0.25) is 0 Å². The Morgan fingerprint density at radius 1 is 1.56 bits per heavy atom. The van der Waals surface area contributed by atoms with Crippen LogP contribution in [0.25, 0.3) is 0 Å². The minimum absolute atomic E-state index is 0.298. The Morgan fingerprint density at radius 2 is 2.33 bits per heavy atom. The lowest BCUT2D eigenvalue weighted by molar-refractivity contribution is -0.0645. The van der Waals surface area contributed by atoms with Crippen LogP contribution in [0.1, 0.15) is 38.4 Å². The number of nitrogens with one attached hydrogen (secondary N) is 1. The summed E-state index contributed by atoms with van der Waals surface area (Å²) >= 11 is 2.24. The van der Waals surface area contributed by atoms with Crippen LogP contribution in [-0.4, -0.2) is 24.1 Å². The number of rotatable bonds is 3. The summed E-state index contributed by atoms with van der Waals surface area (Å²) in [5, 5.41) is 3.11. The second-order valence-electron chi connectivity index (χ2n) is 5.04. The third kappa shape index (κ3) is 2.61. The first-order chi connectivity index (χ1) is 8.61. The molecule has 2 atom stereocenters. The highest BCUT2D eigenvalue weighted by molar-refractivity contribution is 14.1. The van der Waals surface area contributed by atoms with Gasteiger partial charge in [0.25, 0.3) is 0 Å². The van der Waals surface area contributed by atoms with Gasteiger partial charge in [-0.2, -0.15) is 0 Å². The summed E-state index contributed by atoms with van der Waals surface area (Å²) in [6.45, 7) is 2.28. The first kappa shape index (κ1) is 14.0. The van der Waals surface area contributed by atoms with Crippen molar-refractivity contribution in [1.29, 1.82) is 0 Å². The van der Waals surface area contributed by atoms with Crippen molar-refractivity contribution >= 4 is 28.4 Å². The Bertz CT molecular complexity index is 427. The number of aromatic nitrogens is 2. The molecule has 0 aliphatic heterocycles. The molecule has 2 rings (SSSR count). The second kappa shape index (κ2) is 5.69. The third-order valence-electron chi connectivity index (χ3n) is 3.73. The lowest BCUT2D eigenvalue weighted by Gasteiger charge is -2.37. The standard InChI is InChI=1S/C13H20IN3O/c1-9-5-4-6-13(7-9,18-3)12-16-8-10(14)11(15-2)17-12/h8-9H,4-7H2,1-3H3,(H,15,16,17). The van der Waals surface area contributed by atoms with E-state index in [-0.39, 0.29) is 5.60 Å². The van der Waals surface area contributed by atoms with Crippen LogP contribution in [-0.2, 0) is 10.3 Å². The van der Waals surface area contributed by atoms with Crippen LogP contribution in [0, 0.1) is 9.49 Å². The van der Waals surface area contributed by atoms with Crippen molar-refractivity contribution in [2.45, 2.75) is 38.2 Å². The summed E-state index contributed by atoms with van der Waals surface area (Å²) < 4.78 is 6.86. The zero-order valence-electron chi connectivity index (χ0n) is 11.2. The molecule has 1 N–H and O–H groups in total. The van der Waals surface area contributed by atoms with E-state index in [1.54, 1.807) is 7.11 Å². The highest BCUT2D eigenvalue weighted by Gasteiger charge is 2.39. The predicted molar refractivity (Wildman–Crippen MR) is 80.6 cm³/mol. The van der Waals surface area contributed by atoms with Crippen molar-refractivity contribution in [3.8, 4) is 0 Å². The molecule has 4 nitrogen and oxygen atoms in total. The molecule has 0 aromatic carbocycles. The largest absolute Gasteiger partial charge is 0.372 e. The van der Waals surface area contributed by atoms with Gasteiger partial charge in [0.1, 0.15) is 11.4 Å². The van der Waals surface area contributed by atoms with Gasteiger partial charge in [0.15, 0.2) is 5.82 Å². The third-order valence-corrected chi connectivity index (χ3v) is 4.52. The first-order valence-corrected chi connectivity index (χ1v) is 7.45. The van der Waals surface area contributed by atoms with Crippen LogP contribution < -0.4 is 5.32 Å². The van der Waals surface area contributed by atoms with E-state index in [4.69, 9.17) is 4.74 Å². The average molecular weight is 361 g/mol. The molecule has 1 fully saturated rings. The van der Waals surface area contributed by atoms with E-state index in [1.165, 1.54) is 12.8 Å². The topological polar surface area (TPSA) is 47.0 Å². The highest BCUT2D eigenvalue weighted by atomic mass is 127.